The summed E-state index contributed by atoms with van der Waals surface area (Å²) >= 11 is 0. The molecule has 102 valence electrons. The Morgan fingerprint density at radius 2 is 2.00 bits per heavy atom. The third-order valence-corrected chi connectivity index (χ3v) is 3.66. The second-order valence-electron chi connectivity index (χ2n) is 5.33. The molecule has 3 heteroatoms. The van der Waals surface area contributed by atoms with Crippen molar-refractivity contribution in [2.45, 2.75) is 47.1 Å². The number of nitrogens with zero attached hydrogens (tertiary/aromatic N) is 2. The summed E-state index contributed by atoms with van der Waals surface area (Å²) in [6.07, 6.45) is 1.08. The Kier molecular flexibility index (Phi) is 5.15. The summed E-state index contributed by atoms with van der Waals surface area (Å²) in [5.74, 6) is 0.235. The van der Waals surface area contributed by atoms with E-state index in [-0.39, 0.29) is 5.78 Å². The van der Waals surface area contributed by atoms with E-state index in [0.717, 1.165) is 29.9 Å². The molecule has 1 rings (SSSR count). The van der Waals surface area contributed by atoms with Gasteiger partial charge in [-0.3, -0.25) is 9.69 Å². The van der Waals surface area contributed by atoms with Gasteiger partial charge < -0.3 is 4.57 Å². The molecule has 0 unspecified atom stereocenters. The van der Waals surface area contributed by atoms with Crippen molar-refractivity contribution in [2.75, 3.05) is 13.1 Å². The van der Waals surface area contributed by atoms with Crippen molar-refractivity contribution in [3.8, 4) is 0 Å². The average molecular weight is 250 g/mol. The van der Waals surface area contributed by atoms with Gasteiger partial charge in [0, 0.05) is 30.0 Å². The van der Waals surface area contributed by atoms with E-state index < -0.39 is 0 Å². The van der Waals surface area contributed by atoms with Gasteiger partial charge in [0.05, 0.1) is 6.54 Å². The SMILES string of the molecule is CCCN(CC(=O)c1cc(C)n(C)c1C)C(C)C. The predicted octanol–water partition coefficient (Wildman–Crippen LogP) is 2.95. The Morgan fingerprint density at radius 3 is 2.39 bits per heavy atom. The molecule has 18 heavy (non-hydrogen) atoms. The smallest absolute Gasteiger partial charge is 0.178 e. The third kappa shape index (κ3) is 3.22. The maximum atomic E-state index is 12.4. The maximum absolute atomic E-state index is 12.4. The molecule has 0 aliphatic heterocycles. The van der Waals surface area contributed by atoms with Crippen LogP contribution < -0.4 is 0 Å². The number of aromatic nitrogens is 1. The first-order valence-electron chi connectivity index (χ1n) is 6.78. The normalized spacial score (nSPS) is 11.6. The van der Waals surface area contributed by atoms with E-state index in [1.807, 2.05) is 27.0 Å². The van der Waals surface area contributed by atoms with Gasteiger partial charge >= 0.3 is 0 Å². The molecular weight excluding hydrogens is 224 g/mol. The van der Waals surface area contributed by atoms with Crippen LogP contribution in [0.4, 0.5) is 0 Å². The number of hydrogen-bond donors (Lipinski definition) is 0. The molecule has 0 saturated heterocycles. The van der Waals surface area contributed by atoms with Crippen LogP contribution in [0.15, 0.2) is 6.07 Å². The van der Waals surface area contributed by atoms with Crippen LogP contribution in [-0.4, -0.2) is 34.4 Å². The van der Waals surface area contributed by atoms with E-state index >= 15 is 0 Å². The highest BCUT2D eigenvalue weighted by molar-refractivity contribution is 5.99. The van der Waals surface area contributed by atoms with Crippen LogP contribution in [0.1, 0.15) is 48.9 Å². The fraction of sp³-hybridized carbons (Fsp3) is 0.667. The van der Waals surface area contributed by atoms with Crippen molar-refractivity contribution in [3.63, 3.8) is 0 Å². The number of aryl methyl sites for hydroxylation is 1. The predicted molar refractivity (Wildman–Crippen MR) is 76.2 cm³/mol. The summed E-state index contributed by atoms with van der Waals surface area (Å²) in [5, 5.41) is 0. The van der Waals surface area contributed by atoms with E-state index in [2.05, 4.69) is 30.2 Å². The van der Waals surface area contributed by atoms with Gasteiger partial charge in [0.15, 0.2) is 5.78 Å². The second kappa shape index (κ2) is 6.19. The molecular formula is C15H26N2O. The molecule has 1 aromatic heterocycles. The molecule has 0 amide bonds. The maximum Gasteiger partial charge on any atom is 0.178 e. The summed E-state index contributed by atoms with van der Waals surface area (Å²) in [5.41, 5.74) is 3.08. The summed E-state index contributed by atoms with van der Waals surface area (Å²) in [4.78, 5) is 14.6. The first-order valence-corrected chi connectivity index (χ1v) is 6.78. The molecule has 0 aliphatic carbocycles. The highest BCUT2D eigenvalue weighted by Gasteiger charge is 2.18. The number of carbonyl (C=O) groups is 1. The van der Waals surface area contributed by atoms with E-state index in [0.29, 0.717) is 12.6 Å². The number of ketones is 1. The minimum absolute atomic E-state index is 0.235. The molecule has 0 saturated carbocycles. The highest BCUT2D eigenvalue weighted by atomic mass is 16.1. The van der Waals surface area contributed by atoms with Gasteiger partial charge in [-0.2, -0.15) is 0 Å². The van der Waals surface area contributed by atoms with E-state index in [4.69, 9.17) is 0 Å². The van der Waals surface area contributed by atoms with Crippen molar-refractivity contribution in [1.82, 2.24) is 9.47 Å². The summed E-state index contributed by atoms with van der Waals surface area (Å²) in [7, 11) is 2.01. The van der Waals surface area contributed by atoms with Crippen LogP contribution in [0, 0.1) is 13.8 Å². The van der Waals surface area contributed by atoms with Crippen molar-refractivity contribution < 1.29 is 4.79 Å². The zero-order valence-electron chi connectivity index (χ0n) is 12.6. The van der Waals surface area contributed by atoms with Gasteiger partial charge in [-0.25, -0.2) is 0 Å². The molecule has 0 fully saturated rings. The van der Waals surface area contributed by atoms with E-state index in [9.17, 15) is 4.79 Å². The molecule has 0 radical (unpaired) electrons. The highest BCUT2D eigenvalue weighted by Crippen LogP contribution is 2.15. The van der Waals surface area contributed by atoms with Crippen molar-refractivity contribution >= 4 is 5.78 Å². The number of hydrogen-bond acceptors (Lipinski definition) is 2. The van der Waals surface area contributed by atoms with Gasteiger partial charge in [-0.1, -0.05) is 6.92 Å². The van der Waals surface area contributed by atoms with Crippen LogP contribution in [0.2, 0.25) is 0 Å². The van der Waals surface area contributed by atoms with Crippen LogP contribution in [0.25, 0.3) is 0 Å². The molecule has 0 N–H and O–H groups in total. The lowest BCUT2D eigenvalue weighted by atomic mass is 10.1. The Morgan fingerprint density at radius 1 is 1.39 bits per heavy atom. The number of carbonyl (C=O) groups excluding carboxylic acids is 1. The quantitative estimate of drug-likeness (QED) is 0.725. The summed E-state index contributed by atoms with van der Waals surface area (Å²) in [6, 6.07) is 2.42. The fourth-order valence-corrected chi connectivity index (χ4v) is 2.21. The van der Waals surface area contributed by atoms with Crippen molar-refractivity contribution in [3.05, 3.63) is 23.0 Å². The zero-order chi connectivity index (χ0) is 13.9. The zero-order valence-corrected chi connectivity index (χ0v) is 12.6. The lowest BCUT2D eigenvalue weighted by Crippen LogP contribution is -2.36. The van der Waals surface area contributed by atoms with Crippen LogP contribution in [-0.2, 0) is 7.05 Å². The van der Waals surface area contributed by atoms with E-state index in [1.165, 1.54) is 0 Å². The summed E-state index contributed by atoms with van der Waals surface area (Å²) < 4.78 is 2.08. The fourth-order valence-electron chi connectivity index (χ4n) is 2.21. The Balaban J connectivity index is 2.84. The first-order chi connectivity index (χ1) is 8.38. The van der Waals surface area contributed by atoms with Gasteiger partial charge in [0.2, 0.25) is 0 Å². The lowest BCUT2D eigenvalue weighted by Gasteiger charge is -2.25. The molecule has 0 bridgehead atoms. The van der Waals surface area contributed by atoms with Crippen LogP contribution in [0.5, 0.6) is 0 Å². The Bertz CT molecular complexity index is 418. The van der Waals surface area contributed by atoms with Gasteiger partial charge in [0.1, 0.15) is 0 Å². The van der Waals surface area contributed by atoms with Crippen LogP contribution >= 0.6 is 0 Å². The molecule has 0 spiro atoms. The Hall–Kier alpha value is -1.09. The molecule has 0 aliphatic rings. The first kappa shape index (κ1) is 15.0. The molecule has 0 atom stereocenters. The molecule has 0 aromatic carbocycles. The second-order valence-corrected chi connectivity index (χ2v) is 5.33. The summed E-state index contributed by atoms with van der Waals surface area (Å²) in [6.45, 7) is 12.0. The topological polar surface area (TPSA) is 25.2 Å². The molecule has 1 aromatic rings. The largest absolute Gasteiger partial charge is 0.351 e. The number of Topliss-reactive ketones (excluding diaryl/α,β-unsaturated/α-hetero) is 1. The average Bonchev–Trinajstić information content (AvgIpc) is 2.56. The standard InChI is InChI=1S/C15H26N2O/c1-7-8-17(11(2)3)10-15(18)14-9-12(4)16(6)13(14)5/h9,11H,7-8,10H2,1-6H3. The number of rotatable bonds is 6. The molecule has 3 nitrogen and oxygen atoms in total. The van der Waals surface area contributed by atoms with E-state index in [1.54, 1.807) is 0 Å². The third-order valence-electron chi connectivity index (χ3n) is 3.66. The van der Waals surface area contributed by atoms with Crippen molar-refractivity contribution in [1.29, 1.82) is 0 Å². The van der Waals surface area contributed by atoms with Gasteiger partial charge in [-0.15, -0.1) is 0 Å². The Labute approximate surface area is 111 Å². The molecule has 1 heterocycles. The van der Waals surface area contributed by atoms with Crippen molar-refractivity contribution in [2.24, 2.45) is 7.05 Å². The van der Waals surface area contributed by atoms with Crippen LogP contribution in [0.3, 0.4) is 0 Å². The minimum Gasteiger partial charge on any atom is -0.351 e. The monoisotopic (exact) mass is 250 g/mol. The lowest BCUT2D eigenvalue weighted by molar-refractivity contribution is 0.0905. The van der Waals surface area contributed by atoms with Gasteiger partial charge in [0.25, 0.3) is 0 Å². The van der Waals surface area contributed by atoms with Gasteiger partial charge in [-0.05, 0) is 46.7 Å². The minimum atomic E-state index is 0.235.